The van der Waals surface area contributed by atoms with Crippen molar-refractivity contribution in [3.8, 4) is 5.88 Å². The molecule has 4 bridgehead atoms. The second-order valence-corrected chi connectivity index (χ2v) is 9.06. The summed E-state index contributed by atoms with van der Waals surface area (Å²) in [4.78, 5) is 17.1. The molecule has 2 unspecified atom stereocenters. The predicted octanol–water partition coefficient (Wildman–Crippen LogP) is 3.21. The van der Waals surface area contributed by atoms with E-state index in [-0.39, 0.29) is 22.7 Å². The highest BCUT2D eigenvalue weighted by Gasteiger charge is 2.59. The first-order valence-corrected chi connectivity index (χ1v) is 9.95. The van der Waals surface area contributed by atoms with E-state index in [2.05, 4.69) is 20.0 Å². The van der Waals surface area contributed by atoms with Gasteiger partial charge < -0.3 is 19.5 Å². The maximum Gasteiger partial charge on any atom is 0.290 e. The quantitative estimate of drug-likeness (QED) is 0.730. The van der Waals surface area contributed by atoms with Gasteiger partial charge in [-0.05, 0) is 62.5 Å². The molecule has 0 saturated heterocycles. The third-order valence-corrected chi connectivity index (χ3v) is 7.14. The number of amides is 1. The molecule has 28 heavy (non-hydrogen) atoms. The van der Waals surface area contributed by atoms with Crippen molar-refractivity contribution in [3.05, 3.63) is 42.5 Å². The van der Waals surface area contributed by atoms with Crippen LogP contribution in [0.1, 0.15) is 49.1 Å². The number of hydrogen-bond donors (Lipinski definition) is 2. The molecule has 0 aromatic carbocycles. The first-order valence-electron chi connectivity index (χ1n) is 9.95. The van der Waals surface area contributed by atoms with Crippen LogP contribution >= 0.6 is 0 Å². The van der Waals surface area contributed by atoms with Crippen molar-refractivity contribution in [2.75, 3.05) is 0 Å². The van der Waals surface area contributed by atoms with Gasteiger partial charge in [0.15, 0.2) is 0 Å². The minimum Gasteiger partial charge on any atom is -0.494 e. The number of rotatable bonds is 3. The zero-order valence-electron chi connectivity index (χ0n) is 15.5. The van der Waals surface area contributed by atoms with E-state index in [0.717, 1.165) is 43.0 Å². The van der Waals surface area contributed by atoms with Gasteiger partial charge in [0.25, 0.3) is 5.91 Å². The van der Waals surface area contributed by atoms with Crippen molar-refractivity contribution in [3.63, 3.8) is 0 Å². The number of aromatic hydroxyl groups is 1. The third-order valence-electron chi connectivity index (χ3n) is 7.14. The van der Waals surface area contributed by atoms with Gasteiger partial charge in [-0.3, -0.25) is 9.78 Å². The van der Waals surface area contributed by atoms with Gasteiger partial charge in [0.2, 0.25) is 11.6 Å². The lowest BCUT2D eigenvalue weighted by atomic mass is 9.49. The first kappa shape index (κ1) is 16.2. The van der Waals surface area contributed by atoms with E-state index in [9.17, 15) is 9.90 Å². The van der Waals surface area contributed by atoms with Gasteiger partial charge in [0.1, 0.15) is 0 Å². The number of nitrogens with zero attached hydrogens (tertiary/aromatic N) is 3. The number of carbonyl (C=O) groups excluding carboxylic acids is 1. The zero-order chi connectivity index (χ0) is 18.9. The summed E-state index contributed by atoms with van der Waals surface area (Å²) >= 11 is 0. The Bertz CT molecular complexity index is 1060. The Morgan fingerprint density at radius 3 is 2.75 bits per heavy atom. The molecule has 7 heteroatoms. The first-order chi connectivity index (χ1) is 13.6. The zero-order valence-corrected chi connectivity index (χ0v) is 15.5. The van der Waals surface area contributed by atoms with Crippen molar-refractivity contribution in [1.82, 2.24) is 20.0 Å². The number of aromatic nitrogens is 3. The molecule has 0 aliphatic heterocycles. The van der Waals surface area contributed by atoms with Crippen LogP contribution in [0, 0.1) is 11.8 Å². The number of hydrogen-bond acceptors (Lipinski definition) is 5. The van der Waals surface area contributed by atoms with E-state index in [0.29, 0.717) is 17.7 Å². The highest BCUT2D eigenvalue weighted by molar-refractivity contribution is 5.91. The fourth-order valence-corrected chi connectivity index (χ4v) is 6.66. The van der Waals surface area contributed by atoms with E-state index >= 15 is 0 Å². The average molecular weight is 378 g/mol. The molecule has 144 valence electrons. The third kappa shape index (κ3) is 2.19. The van der Waals surface area contributed by atoms with Crippen LogP contribution in [0.25, 0.3) is 10.9 Å². The van der Waals surface area contributed by atoms with Crippen LogP contribution in [0.5, 0.6) is 5.88 Å². The Labute approximate surface area is 161 Å². The van der Waals surface area contributed by atoms with E-state index in [1.54, 1.807) is 12.3 Å². The molecule has 3 aromatic heterocycles. The second-order valence-electron chi connectivity index (χ2n) is 9.06. The number of carbonyl (C=O) groups is 1. The summed E-state index contributed by atoms with van der Waals surface area (Å²) in [6, 6.07) is 5.36. The fourth-order valence-electron chi connectivity index (χ4n) is 6.66. The molecule has 4 fully saturated rings. The molecule has 7 nitrogen and oxygen atoms in total. The lowest BCUT2D eigenvalue weighted by Crippen LogP contribution is -2.65. The Morgan fingerprint density at radius 2 is 2.04 bits per heavy atom. The number of pyridine rings is 1. The fraction of sp³-hybridized carbons (Fsp3) is 0.476. The summed E-state index contributed by atoms with van der Waals surface area (Å²) in [6.07, 6.45) is 11.3. The average Bonchev–Trinajstić information content (AvgIpc) is 3.29. The molecule has 3 aromatic rings. The molecule has 3 heterocycles. The summed E-state index contributed by atoms with van der Waals surface area (Å²) in [5.41, 5.74) is 0.379. The van der Waals surface area contributed by atoms with Gasteiger partial charge in [0, 0.05) is 24.0 Å². The molecule has 0 radical (unpaired) electrons. The van der Waals surface area contributed by atoms with Crippen molar-refractivity contribution in [1.29, 1.82) is 0 Å². The molecular formula is C21H22N4O3. The lowest BCUT2D eigenvalue weighted by molar-refractivity contribution is -0.0710. The Kier molecular flexibility index (Phi) is 3.10. The van der Waals surface area contributed by atoms with Gasteiger partial charge in [0.05, 0.1) is 22.6 Å². The molecule has 4 aliphatic rings. The highest BCUT2D eigenvalue weighted by atomic mass is 16.5. The van der Waals surface area contributed by atoms with Crippen LogP contribution in [0.3, 0.4) is 0 Å². The van der Waals surface area contributed by atoms with Crippen LogP contribution in [0.4, 0.5) is 0 Å². The van der Waals surface area contributed by atoms with Crippen LogP contribution in [-0.2, 0) is 5.54 Å². The largest absolute Gasteiger partial charge is 0.494 e. The van der Waals surface area contributed by atoms with E-state index in [1.165, 1.54) is 12.6 Å². The second kappa shape index (κ2) is 5.37. The van der Waals surface area contributed by atoms with Crippen LogP contribution in [0.15, 0.2) is 41.3 Å². The normalized spacial score (nSPS) is 33.4. The lowest BCUT2D eigenvalue weighted by Gasteiger charge is -2.62. The molecular weight excluding hydrogens is 356 g/mol. The molecule has 4 aliphatic carbocycles. The Balaban J connectivity index is 1.41. The smallest absolute Gasteiger partial charge is 0.290 e. The van der Waals surface area contributed by atoms with Gasteiger partial charge in [-0.25, -0.2) is 0 Å². The van der Waals surface area contributed by atoms with Crippen molar-refractivity contribution >= 4 is 16.8 Å². The van der Waals surface area contributed by atoms with E-state index in [4.69, 9.17) is 4.52 Å². The van der Waals surface area contributed by atoms with Gasteiger partial charge in [-0.15, -0.1) is 0 Å². The van der Waals surface area contributed by atoms with Crippen molar-refractivity contribution in [2.24, 2.45) is 11.8 Å². The van der Waals surface area contributed by atoms with E-state index < -0.39 is 0 Å². The number of fused-ring (bicyclic) bond motifs is 1. The minimum atomic E-state index is -0.260. The summed E-state index contributed by atoms with van der Waals surface area (Å²) in [6.45, 7) is 0. The maximum absolute atomic E-state index is 12.7. The summed E-state index contributed by atoms with van der Waals surface area (Å²) in [5.74, 6) is 1.45. The monoisotopic (exact) mass is 378 g/mol. The van der Waals surface area contributed by atoms with Crippen LogP contribution < -0.4 is 5.32 Å². The van der Waals surface area contributed by atoms with Gasteiger partial charge >= 0.3 is 0 Å². The molecule has 4 saturated carbocycles. The molecule has 0 spiro atoms. The highest BCUT2D eigenvalue weighted by Crippen LogP contribution is 2.61. The maximum atomic E-state index is 12.7. The van der Waals surface area contributed by atoms with Crippen LogP contribution in [0.2, 0.25) is 0 Å². The summed E-state index contributed by atoms with van der Waals surface area (Å²) in [5, 5.41) is 18.7. The SMILES string of the molecule is O=C(NC12CC3CC(C1)CC(n1cc4ncccc4c1O)(C3)C2)c1ccno1. The van der Waals surface area contributed by atoms with Crippen LogP contribution in [-0.4, -0.2) is 31.3 Å². The molecule has 2 atom stereocenters. The summed E-state index contributed by atoms with van der Waals surface area (Å²) in [7, 11) is 0. The van der Waals surface area contributed by atoms with Gasteiger partial charge in [-0.1, -0.05) is 5.16 Å². The number of nitrogens with one attached hydrogen (secondary N) is 1. The Hall–Kier alpha value is -2.83. The van der Waals surface area contributed by atoms with Crippen molar-refractivity contribution in [2.45, 2.75) is 49.6 Å². The standard InChI is InChI=1S/C21H22N4O3/c26-18(17-3-5-23-28-17)24-20-7-13-6-14(8-20)10-21(9-13,12-20)25-11-16-15(19(25)27)2-1-4-22-16/h1-5,11,13-14,27H,6-10,12H2,(H,24,26). The van der Waals surface area contributed by atoms with E-state index in [1.807, 2.05) is 18.3 Å². The Morgan fingerprint density at radius 1 is 1.21 bits per heavy atom. The van der Waals surface area contributed by atoms with Crippen molar-refractivity contribution < 1.29 is 14.4 Å². The van der Waals surface area contributed by atoms with Gasteiger partial charge in [-0.2, -0.15) is 0 Å². The minimum absolute atomic E-state index is 0.177. The topological polar surface area (TPSA) is 93.2 Å². The molecule has 2 N–H and O–H groups in total. The predicted molar refractivity (Wildman–Crippen MR) is 101 cm³/mol. The molecule has 1 amide bonds. The molecule has 7 rings (SSSR count). The summed E-state index contributed by atoms with van der Waals surface area (Å²) < 4.78 is 7.12.